The molecule has 0 aliphatic rings. The van der Waals surface area contributed by atoms with Crippen LogP contribution in [0.2, 0.25) is 0 Å². The molecule has 2 N–H and O–H groups in total. The quantitative estimate of drug-likeness (QED) is 0.785. The second-order valence-corrected chi connectivity index (χ2v) is 4.95. The molecule has 0 spiro atoms. The summed E-state index contributed by atoms with van der Waals surface area (Å²) in [6.07, 6.45) is 1.55. The number of amides is 3. The van der Waals surface area contributed by atoms with Crippen molar-refractivity contribution in [1.82, 2.24) is 10.6 Å². The summed E-state index contributed by atoms with van der Waals surface area (Å²) < 4.78 is 0. The summed E-state index contributed by atoms with van der Waals surface area (Å²) in [7, 11) is 0. The van der Waals surface area contributed by atoms with Gasteiger partial charge >= 0.3 is 6.03 Å². The first-order valence-corrected chi connectivity index (χ1v) is 7.09. The van der Waals surface area contributed by atoms with Crippen LogP contribution in [0.5, 0.6) is 0 Å². The molecule has 5 heteroatoms. The minimum atomic E-state index is -0.485. The van der Waals surface area contributed by atoms with Gasteiger partial charge in [-0.2, -0.15) is 0 Å². The Hall–Kier alpha value is -1.75. The van der Waals surface area contributed by atoms with Crippen LogP contribution in [0.3, 0.4) is 0 Å². The largest absolute Gasteiger partial charge is 0.334 e. The van der Waals surface area contributed by atoms with Gasteiger partial charge in [0.25, 0.3) is 0 Å². The van der Waals surface area contributed by atoms with Gasteiger partial charge in [-0.25, -0.2) is 4.79 Å². The molecule has 1 aromatic rings. The Morgan fingerprint density at radius 1 is 1.37 bits per heavy atom. The fraction of sp³-hybridized carbons (Fsp3) is 0.286. The van der Waals surface area contributed by atoms with Crippen LogP contribution in [0.25, 0.3) is 0 Å². The standard InChI is InChI=1S/C14H18N2O2S/c1-3-8-15-14(18)16-13(17)10-19-9-12-7-5-4-6-11(12)2/h3-7H,1,8-10H2,2H3,(H2,15,16,17,18). The number of imide groups is 1. The van der Waals surface area contributed by atoms with Crippen LogP contribution < -0.4 is 10.6 Å². The number of carbonyl (C=O) groups is 2. The van der Waals surface area contributed by atoms with Gasteiger partial charge in [-0.3, -0.25) is 10.1 Å². The lowest BCUT2D eigenvalue weighted by molar-refractivity contribution is -0.117. The van der Waals surface area contributed by atoms with E-state index in [9.17, 15) is 9.59 Å². The van der Waals surface area contributed by atoms with Crippen molar-refractivity contribution in [2.75, 3.05) is 12.3 Å². The fourth-order valence-corrected chi connectivity index (χ4v) is 2.30. The van der Waals surface area contributed by atoms with E-state index in [4.69, 9.17) is 0 Å². The molecule has 0 saturated heterocycles. The van der Waals surface area contributed by atoms with Crippen LogP contribution in [0.1, 0.15) is 11.1 Å². The van der Waals surface area contributed by atoms with Crippen molar-refractivity contribution < 1.29 is 9.59 Å². The predicted octanol–water partition coefficient (Wildman–Crippen LogP) is 2.24. The van der Waals surface area contributed by atoms with Crippen LogP contribution in [-0.2, 0) is 10.5 Å². The van der Waals surface area contributed by atoms with E-state index < -0.39 is 6.03 Å². The Labute approximate surface area is 117 Å². The summed E-state index contributed by atoms with van der Waals surface area (Å²) >= 11 is 1.48. The summed E-state index contributed by atoms with van der Waals surface area (Å²) in [5.74, 6) is 0.727. The fourth-order valence-electron chi connectivity index (χ4n) is 1.40. The summed E-state index contributed by atoms with van der Waals surface area (Å²) in [5.41, 5.74) is 2.41. The molecule has 0 aromatic heterocycles. The topological polar surface area (TPSA) is 58.2 Å². The molecule has 1 rings (SSSR count). The maximum Gasteiger partial charge on any atom is 0.321 e. The molecule has 0 fully saturated rings. The number of thioether (sulfide) groups is 1. The van der Waals surface area contributed by atoms with E-state index in [-0.39, 0.29) is 11.7 Å². The van der Waals surface area contributed by atoms with Crippen LogP contribution >= 0.6 is 11.8 Å². The van der Waals surface area contributed by atoms with E-state index in [1.807, 2.05) is 31.2 Å². The average molecular weight is 278 g/mol. The summed E-state index contributed by atoms with van der Waals surface area (Å²) in [6.45, 7) is 5.85. The van der Waals surface area contributed by atoms with Crippen molar-refractivity contribution in [3.8, 4) is 0 Å². The lowest BCUT2D eigenvalue weighted by Gasteiger charge is -2.06. The van der Waals surface area contributed by atoms with Crippen molar-refractivity contribution >= 4 is 23.7 Å². The van der Waals surface area contributed by atoms with E-state index in [1.54, 1.807) is 6.08 Å². The molecule has 102 valence electrons. The van der Waals surface area contributed by atoms with E-state index in [1.165, 1.54) is 22.9 Å². The Bertz CT molecular complexity index is 461. The smallest absolute Gasteiger partial charge is 0.321 e. The molecule has 0 heterocycles. The van der Waals surface area contributed by atoms with Crippen molar-refractivity contribution in [3.05, 3.63) is 48.0 Å². The normalized spacial score (nSPS) is 9.74. The first-order chi connectivity index (χ1) is 9.13. The molecule has 0 aliphatic heterocycles. The number of hydrogen-bond donors (Lipinski definition) is 2. The SMILES string of the molecule is C=CCNC(=O)NC(=O)CSCc1ccccc1C. The zero-order valence-corrected chi connectivity index (χ0v) is 11.8. The van der Waals surface area contributed by atoms with Crippen LogP contribution in [-0.4, -0.2) is 24.2 Å². The summed E-state index contributed by atoms with van der Waals surface area (Å²) in [5, 5.41) is 4.74. The molecule has 0 unspecified atom stereocenters. The Balaban J connectivity index is 2.26. The summed E-state index contributed by atoms with van der Waals surface area (Å²) in [6, 6.07) is 7.56. The Kier molecular flexibility index (Phi) is 6.74. The highest BCUT2D eigenvalue weighted by molar-refractivity contribution is 7.99. The molecule has 1 aromatic carbocycles. The number of benzene rings is 1. The van der Waals surface area contributed by atoms with Gasteiger partial charge in [0.15, 0.2) is 0 Å². The highest BCUT2D eigenvalue weighted by atomic mass is 32.2. The van der Waals surface area contributed by atoms with E-state index in [0.29, 0.717) is 6.54 Å². The third kappa shape index (κ3) is 6.10. The van der Waals surface area contributed by atoms with Crippen LogP contribution in [0.15, 0.2) is 36.9 Å². The van der Waals surface area contributed by atoms with Crippen molar-refractivity contribution in [3.63, 3.8) is 0 Å². The maximum atomic E-state index is 11.5. The zero-order valence-electron chi connectivity index (χ0n) is 10.9. The molecular weight excluding hydrogens is 260 g/mol. The van der Waals surface area contributed by atoms with Gasteiger partial charge in [0.2, 0.25) is 5.91 Å². The maximum absolute atomic E-state index is 11.5. The molecule has 0 saturated carbocycles. The zero-order chi connectivity index (χ0) is 14.1. The minimum Gasteiger partial charge on any atom is -0.334 e. The number of hydrogen-bond acceptors (Lipinski definition) is 3. The van der Waals surface area contributed by atoms with Crippen LogP contribution in [0, 0.1) is 6.92 Å². The third-order valence-electron chi connectivity index (χ3n) is 2.41. The first kappa shape index (κ1) is 15.3. The molecular formula is C14H18N2O2S. The van der Waals surface area contributed by atoms with E-state index in [0.717, 1.165) is 5.75 Å². The highest BCUT2D eigenvalue weighted by Gasteiger charge is 2.07. The molecule has 3 amide bonds. The van der Waals surface area contributed by atoms with Crippen molar-refractivity contribution in [2.24, 2.45) is 0 Å². The number of nitrogens with one attached hydrogen (secondary N) is 2. The van der Waals surface area contributed by atoms with Gasteiger partial charge in [-0.1, -0.05) is 30.3 Å². The number of urea groups is 1. The monoisotopic (exact) mass is 278 g/mol. The van der Waals surface area contributed by atoms with Gasteiger partial charge in [-0.15, -0.1) is 18.3 Å². The second-order valence-electron chi connectivity index (χ2n) is 3.97. The Morgan fingerprint density at radius 2 is 2.11 bits per heavy atom. The number of aryl methyl sites for hydroxylation is 1. The van der Waals surface area contributed by atoms with Gasteiger partial charge in [-0.05, 0) is 18.1 Å². The predicted molar refractivity (Wildman–Crippen MR) is 79.1 cm³/mol. The average Bonchev–Trinajstić information content (AvgIpc) is 2.38. The van der Waals surface area contributed by atoms with Crippen molar-refractivity contribution in [1.29, 1.82) is 0 Å². The molecule has 0 atom stereocenters. The summed E-state index contributed by atoms with van der Waals surface area (Å²) in [4.78, 5) is 22.7. The molecule has 19 heavy (non-hydrogen) atoms. The van der Waals surface area contributed by atoms with Gasteiger partial charge in [0.1, 0.15) is 0 Å². The Morgan fingerprint density at radius 3 is 2.79 bits per heavy atom. The minimum absolute atomic E-state index is 0.260. The van der Waals surface area contributed by atoms with E-state index in [2.05, 4.69) is 17.2 Å². The number of rotatable bonds is 6. The molecule has 0 bridgehead atoms. The van der Waals surface area contributed by atoms with E-state index >= 15 is 0 Å². The van der Waals surface area contributed by atoms with Crippen molar-refractivity contribution in [2.45, 2.75) is 12.7 Å². The van der Waals surface area contributed by atoms with Gasteiger partial charge < -0.3 is 5.32 Å². The lowest BCUT2D eigenvalue weighted by Crippen LogP contribution is -2.40. The first-order valence-electron chi connectivity index (χ1n) is 5.94. The molecule has 0 radical (unpaired) electrons. The molecule has 4 nitrogen and oxygen atoms in total. The van der Waals surface area contributed by atoms with Crippen LogP contribution in [0.4, 0.5) is 4.79 Å². The number of carbonyl (C=O) groups excluding carboxylic acids is 2. The third-order valence-corrected chi connectivity index (χ3v) is 3.39. The van der Waals surface area contributed by atoms with Gasteiger partial charge in [0, 0.05) is 12.3 Å². The second kappa shape index (κ2) is 8.37. The lowest BCUT2D eigenvalue weighted by atomic mass is 10.1. The highest BCUT2D eigenvalue weighted by Crippen LogP contribution is 2.15. The molecule has 0 aliphatic carbocycles. The van der Waals surface area contributed by atoms with Gasteiger partial charge in [0.05, 0.1) is 5.75 Å².